The van der Waals surface area contributed by atoms with Crippen LogP contribution in [0.15, 0.2) is 90.1 Å². The normalized spacial score (nSPS) is 19.7. The smallest absolute Gasteiger partial charge is 0.232 e. The minimum absolute atomic E-state index is 0.0200. The zero-order valence-electron chi connectivity index (χ0n) is 19.9. The lowest BCUT2D eigenvalue weighted by Gasteiger charge is -2.43. The quantitative estimate of drug-likeness (QED) is 0.431. The van der Waals surface area contributed by atoms with Crippen molar-refractivity contribution in [3.63, 3.8) is 0 Å². The molecule has 1 unspecified atom stereocenters. The van der Waals surface area contributed by atoms with Gasteiger partial charge in [-0.2, -0.15) is 0 Å². The van der Waals surface area contributed by atoms with Crippen LogP contribution in [0.1, 0.15) is 50.2 Å². The van der Waals surface area contributed by atoms with E-state index in [1.54, 1.807) is 4.90 Å². The number of ether oxygens (including phenoxy) is 1. The van der Waals surface area contributed by atoms with E-state index in [0.717, 1.165) is 33.8 Å². The number of para-hydroxylation sites is 1. The van der Waals surface area contributed by atoms with Crippen LogP contribution in [0.2, 0.25) is 0 Å². The molecule has 0 bridgehead atoms. The van der Waals surface area contributed by atoms with E-state index in [9.17, 15) is 9.59 Å². The Morgan fingerprint density at radius 1 is 0.824 bits per heavy atom. The average Bonchev–Trinajstić information content (AvgIpc) is 2.80. The van der Waals surface area contributed by atoms with Gasteiger partial charge >= 0.3 is 0 Å². The van der Waals surface area contributed by atoms with E-state index in [1.807, 2.05) is 61.5 Å². The highest BCUT2D eigenvalue weighted by Gasteiger charge is 2.44. The molecule has 0 saturated carbocycles. The fourth-order valence-electron chi connectivity index (χ4n) is 5.09. The molecule has 1 heterocycles. The van der Waals surface area contributed by atoms with Crippen molar-refractivity contribution in [2.75, 3.05) is 4.90 Å². The molecule has 0 aromatic heterocycles. The van der Waals surface area contributed by atoms with Crippen molar-refractivity contribution in [1.82, 2.24) is 0 Å². The fraction of sp³-hybridized carbons (Fsp3) is 0.267. The third-order valence-corrected chi connectivity index (χ3v) is 6.70. The van der Waals surface area contributed by atoms with E-state index in [0.29, 0.717) is 18.6 Å². The zero-order chi connectivity index (χ0) is 23.9. The molecular formula is C30H29NO3. The Morgan fingerprint density at radius 2 is 1.47 bits per heavy atom. The molecule has 3 aromatic carbocycles. The third-order valence-electron chi connectivity index (χ3n) is 6.70. The predicted octanol–water partition coefficient (Wildman–Crippen LogP) is 6.95. The molecule has 2 aliphatic rings. The maximum Gasteiger partial charge on any atom is 0.232 e. The van der Waals surface area contributed by atoms with Gasteiger partial charge in [0.05, 0.1) is 0 Å². The number of carbonyl (C=O) groups is 2. The van der Waals surface area contributed by atoms with Crippen molar-refractivity contribution in [2.45, 2.75) is 46.0 Å². The highest BCUT2D eigenvalue weighted by atomic mass is 16.5. The molecule has 0 fully saturated rings. The van der Waals surface area contributed by atoms with Crippen molar-refractivity contribution in [2.24, 2.45) is 5.41 Å². The van der Waals surface area contributed by atoms with E-state index in [-0.39, 0.29) is 29.4 Å². The molecule has 0 N–H and O–H groups in total. The maximum atomic E-state index is 13.5. The van der Waals surface area contributed by atoms with Crippen LogP contribution in [-0.4, -0.2) is 11.7 Å². The first-order valence-corrected chi connectivity index (χ1v) is 11.8. The molecule has 1 atom stereocenters. The Hall–Kier alpha value is -3.66. The summed E-state index contributed by atoms with van der Waals surface area (Å²) < 4.78 is 5.92. The van der Waals surface area contributed by atoms with Crippen LogP contribution in [0.4, 0.5) is 5.69 Å². The first kappa shape index (κ1) is 22.1. The van der Waals surface area contributed by atoms with Crippen LogP contribution in [0, 0.1) is 12.3 Å². The number of aryl methyl sites for hydroxylation is 1. The molecule has 172 valence electrons. The number of rotatable bonds is 4. The first-order valence-electron chi connectivity index (χ1n) is 11.8. The van der Waals surface area contributed by atoms with Crippen molar-refractivity contribution in [1.29, 1.82) is 0 Å². The number of Topliss-reactive ketones (excluding diaryl/α,β-unsaturated/α-hetero) is 1. The number of nitrogens with zero attached hydrogens (tertiary/aromatic N) is 1. The second kappa shape index (κ2) is 8.60. The molecule has 0 spiro atoms. The number of ketones is 1. The van der Waals surface area contributed by atoms with Crippen LogP contribution >= 0.6 is 0 Å². The van der Waals surface area contributed by atoms with Gasteiger partial charge in [0.15, 0.2) is 5.78 Å². The number of benzene rings is 3. The minimum atomic E-state index is -0.194. The number of hydrogen-bond donors (Lipinski definition) is 0. The lowest BCUT2D eigenvalue weighted by Crippen LogP contribution is -2.43. The van der Waals surface area contributed by atoms with Crippen LogP contribution < -0.4 is 9.64 Å². The molecule has 4 nitrogen and oxygen atoms in total. The van der Waals surface area contributed by atoms with Gasteiger partial charge in [0.1, 0.15) is 11.5 Å². The predicted molar refractivity (Wildman–Crippen MR) is 134 cm³/mol. The van der Waals surface area contributed by atoms with Gasteiger partial charge in [0.2, 0.25) is 5.91 Å². The molecular weight excluding hydrogens is 422 g/mol. The van der Waals surface area contributed by atoms with Crippen LogP contribution in [0.25, 0.3) is 0 Å². The Kier molecular flexibility index (Phi) is 5.60. The summed E-state index contributed by atoms with van der Waals surface area (Å²) in [7, 11) is 0. The summed E-state index contributed by atoms with van der Waals surface area (Å²) in [6.45, 7) is 6.24. The molecule has 3 aromatic rings. The molecule has 1 amide bonds. The number of amides is 1. The number of hydrogen-bond acceptors (Lipinski definition) is 3. The Labute approximate surface area is 200 Å². The molecule has 0 saturated heterocycles. The lowest BCUT2D eigenvalue weighted by molar-refractivity contribution is -0.121. The van der Waals surface area contributed by atoms with Gasteiger partial charge in [0.25, 0.3) is 0 Å². The number of carbonyl (C=O) groups excluding carboxylic acids is 2. The van der Waals surface area contributed by atoms with Gasteiger partial charge in [-0.3, -0.25) is 14.5 Å². The topological polar surface area (TPSA) is 46.6 Å². The standard InChI is InChI=1S/C30H29NO3/c1-20-9-11-21(12-10-20)25-17-28(33)31(26-18-30(2,3)19-27(32)29(25)26)22-13-15-24(16-14-22)34-23-7-5-4-6-8-23/h4-16,25H,17-19H2,1-3H3. The van der Waals surface area contributed by atoms with Gasteiger partial charge < -0.3 is 4.74 Å². The highest BCUT2D eigenvalue weighted by molar-refractivity contribution is 6.07. The SMILES string of the molecule is Cc1ccc(C2CC(=O)N(c3ccc(Oc4ccccc4)cc3)C3=C2C(=O)CC(C)(C)C3)cc1. The van der Waals surface area contributed by atoms with E-state index in [2.05, 4.69) is 38.1 Å². The van der Waals surface area contributed by atoms with Crippen molar-refractivity contribution in [3.05, 3.63) is 101 Å². The van der Waals surface area contributed by atoms with Crippen LogP contribution in [-0.2, 0) is 9.59 Å². The van der Waals surface area contributed by atoms with Crippen molar-refractivity contribution in [3.8, 4) is 11.5 Å². The van der Waals surface area contributed by atoms with Gasteiger partial charge in [-0.1, -0.05) is 61.9 Å². The summed E-state index contributed by atoms with van der Waals surface area (Å²) in [5.41, 5.74) is 4.42. The average molecular weight is 452 g/mol. The molecule has 5 rings (SSSR count). The third kappa shape index (κ3) is 4.28. The van der Waals surface area contributed by atoms with Gasteiger partial charge in [-0.15, -0.1) is 0 Å². The van der Waals surface area contributed by atoms with E-state index >= 15 is 0 Å². The fourth-order valence-corrected chi connectivity index (χ4v) is 5.09. The summed E-state index contributed by atoms with van der Waals surface area (Å²) >= 11 is 0. The summed E-state index contributed by atoms with van der Waals surface area (Å²) in [5, 5.41) is 0. The van der Waals surface area contributed by atoms with E-state index < -0.39 is 0 Å². The molecule has 1 aliphatic heterocycles. The summed E-state index contributed by atoms with van der Waals surface area (Å²) in [5.74, 6) is 1.44. The van der Waals surface area contributed by atoms with Crippen molar-refractivity contribution >= 4 is 17.4 Å². The molecule has 34 heavy (non-hydrogen) atoms. The van der Waals surface area contributed by atoms with E-state index in [4.69, 9.17) is 4.74 Å². The zero-order valence-corrected chi connectivity index (χ0v) is 19.9. The Balaban J connectivity index is 1.53. The number of anilines is 1. The molecule has 4 heteroatoms. The first-order chi connectivity index (χ1) is 16.3. The molecule has 1 aliphatic carbocycles. The Bertz CT molecular complexity index is 1250. The van der Waals surface area contributed by atoms with Crippen LogP contribution in [0.3, 0.4) is 0 Å². The van der Waals surface area contributed by atoms with Gasteiger partial charge in [-0.05, 0) is 60.7 Å². The summed E-state index contributed by atoms with van der Waals surface area (Å²) in [6.07, 6.45) is 1.47. The van der Waals surface area contributed by atoms with Gasteiger partial charge in [0, 0.05) is 35.7 Å². The Morgan fingerprint density at radius 3 is 2.15 bits per heavy atom. The highest BCUT2D eigenvalue weighted by Crippen LogP contribution is 2.48. The second-order valence-electron chi connectivity index (χ2n) is 10.1. The minimum Gasteiger partial charge on any atom is -0.457 e. The summed E-state index contributed by atoms with van der Waals surface area (Å²) in [4.78, 5) is 28.7. The number of allylic oxidation sites excluding steroid dienone is 2. The van der Waals surface area contributed by atoms with E-state index in [1.165, 1.54) is 0 Å². The van der Waals surface area contributed by atoms with Gasteiger partial charge in [-0.25, -0.2) is 0 Å². The lowest BCUT2D eigenvalue weighted by atomic mass is 9.69. The second-order valence-corrected chi connectivity index (χ2v) is 10.1. The molecule has 0 radical (unpaired) electrons. The van der Waals surface area contributed by atoms with Crippen LogP contribution in [0.5, 0.6) is 11.5 Å². The largest absolute Gasteiger partial charge is 0.457 e. The van der Waals surface area contributed by atoms with Crippen molar-refractivity contribution < 1.29 is 14.3 Å². The summed E-state index contributed by atoms with van der Waals surface area (Å²) in [6, 6.07) is 25.4. The maximum absolute atomic E-state index is 13.5. The monoisotopic (exact) mass is 451 g/mol.